The molecule has 0 spiro atoms. The number of carbonyl (C=O) groups is 4. The molecule has 5 atom stereocenters. The Bertz CT molecular complexity index is 823. The van der Waals surface area contributed by atoms with E-state index in [1.807, 2.05) is 0 Å². The van der Waals surface area contributed by atoms with E-state index in [0.717, 1.165) is 17.1 Å². The third-order valence-corrected chi connectivity index (χ3v) is 9.94. The highest BCUT2D eigenvalue weighted by Gasteiger charge is 2.54. The molecule has 9 nitrogen and oxygen atoms in total. The number of likely N-dealkylation sites (tertiary alicyclic amines) is 1. The summed E-state index contributed by atoms with van der Waals surface area (Å²) in [7, 11) is -3.47. The van der Waals surface area contributed by atoms with Crippen molar-refractivity contribution in [2.75, 3.05) is 5.75 Å². The number of thioether (sulfide) groups is 1. The van der Waals surface area contributed by atoms with Crippen LogP contribution in [0, 0.1) is 11.8 Å². The predicted octanol–water partition coefficient (Wildman–Crippen LogP) is -0.282. The van der Waals surface area contributed by atoms with Crippen molar-refractivity contribution in [2.45, 2.75) is 61.6 Å². The van der Waals surface area contributed by atoms with Crippen molar-refractivity contribution < 1.29 is 27.6 Å². The fraction of sp³-hybridized carbons (Fsp3) is 0.765. The average Bonchev–Trinajstić information content (AvgIpc) is 3.25. The molecule has 2 N–H and O–H groups in total. The summed E-state index contributed by atoms with van der Waals surface area (Å²) in [6, 6.07) is -1.33. The van der Waals surface area contributed by atoms with Gasteiger partial charge in [0, 0.05) is 12.5 Å². The molecule has 1 saturated carbocycles. The number of sulfonamides is 1. The molecule has 11 heteroatoms. The largest absolute Gasteiger partial charge is 0.295 e. The van der Waals surface area contributed by atoms with Gasteiger partial charge >= 0.3 is 0 Å². The van der Waals surface area contributed by atoms with Gasteiger partial charge in [-0.1, -0.05) is 0 Å². The lowest BCUT2D eigenvalue weighted by molar-refractivity contribution is -0.151. The lowest BCUT2D eigenvalue weighted by Crippen LogP contribution is -2.54. The average molecular weight is 430 g/mol. The summed E-state index contributed by atoms with van der Waals surface area (Å²) in [5, 5.41) is 2.18. The van der Waals surface area contributed by atoms with Crippen LogP contribution >= 0.6 is 11.8 Å². The normalized spacial score (nSPS) is 36.6. The van der Waals surface area contributed by atoms with Crippen LogP contribution in [-0.4, -0.2) is 59.4 Å². The maximum Gasteiger partial charge on any atom is 0.249 e. The number of fused-ring (bicyclic) bond motifs is 1. The zero-order valence-corrected chi connectivity index (χ0v) is 16.9. The fourth-order valence-electron chi connectivity index (χ4n) is 4.65. The number of carbonyl (C=O) groups excluding carboxylic acids is 4. The number of amides is 4. The van der Waals surface area contributed by atoms with Gasteiger partial charge in [-0.05, 0) is 44.3 Å². The van der Waals surface area contributed by atoms with Gasteiger partial charge in [-0.3, -0.25) is 29.4 Å². The molecule has 3 aliphatic heterocycles. The molecular formula is C17H23N3O6S2. The number of imide groups is 2. The maximum atomic E-state index is 12.9. The summed E-state index contributed by atoms with van der Waals surface area (Å²) in [4.78, 5) is 50.2. The third kappa shape index (κ3) is 3.48. The Balaban J connectivity index is 1.45. The fourth-order valence-corrected chi connectivity index (χ4v) is 8.06. The lowest BCUT2D eigenvalue weighted by atomic mass is 9.79. The first-order valence-corrected chi connectivity index (χ1v) is 12.2. The minimum atomic E-state index is -3.47. The molecule has 0 aromatic heterocycles. The van der Waals surface area contributed by atoms with E-state index in [9.17, 15) is 27.6 Å². The standard InChI is InChI=1S/C17H23N3O6S2/c21-13-6-5-12(15(22)18-13)20-16(23)10-4-3-9(8-11(10)17(20)24)19-28(25,26)14-2-1-7-27-14/h9-12,14,19H,1-8H2,(H,18,21,22). The molecule has 5 unspecified atom stereocenters. The summed E-state index contributed by atoms with van der Waals surface area (Å²) in [6.07, 6.45) is 2.87. The Labute approximate surface area is 167 Å². The molecule has 4 aliphatic rings. The first-order chi connectivity index (χ1) is 13.3. The van der Waals surface area contributed by atoms with E-state index < -0.39 is 50.2 Å². The van der Waals surface area contributed by atoms with Crippen molar-refractivity contribution >= 4 is 45.4 Å². The molecule has 3 saturated heterocycles. The van der Waals surface area contributed by atoms with Gasteiger partial charge in [0.25, 0.3) is 0 Å². The van der Waals surface area contributed by atoms with Crippen LogP contribution in [0.5, 0.6) is 0 Å². The minimum absolute atomic E-state index is 0.0876. The lowest BCUT2D eigenvalue weighted by Gasteiger charge is -2.30. The molecule has 3 heterocycles. The van der Waals surface area contributed by atoms with E-state index in [1.165, 1.54) is 11.8 Å². The summed E-state index contributed by atoms with van der Waals surface area (Å²) in [6.45, 7) is 0. The van der Waals surface area contributed by atoms with Crippen LogP contribution in [0.2, 0.25) is 0 Å². The molecule has 0 aromatic rings. The highest BCUT2D eigenvalue weighted by molar-refractivity contribution is 8.13. The highest BCUT2D eigenvalue weighted by Crippen LogP contribution is 2.40. The topological polar surface area (TPSA) is 130 Å². The van der Waals surface area contributed by atoms with Crippen LogP contribution in [0.3, 0.4) is 0 Å². The molecule has 4 rings (SSSR count). The number of nitrogens with one attached hydrogen (secondary N) is 2. The molecule has 0 radical (unpaired) electrons. The Morgan fingerprint density at radius 3 is 2.43 bits per heavy atom. The second kappa shape index (κ2) is 7.42. The molecule has 1 aliphatic carbocycles. The van der Waals surface area contributed by atoms with E-state index >= 15 is 0 Å². The van der Waals surface area contributed by atoms with Gasteiger partial charge in [-0.2, -0.15) is 0 Å². The Hall–Kier alpha value is -1.46. The van der Waals surface area contributed by atoms with Crippen LogP contribution < -0.4 is 10.0 Å². The molecule has 154 valence electrons. The van der Waals surface area contributed by atoms with Gasteiger partial charge < -0.3 is 0 Å². The van der Waals surface area contributed by atoms with Crippen LogP contribution in [-0.2, 0) is 29.2 Å². The van der Waals surface area contributed by atoms with Gasteiger partial charge in [0.15, 0.2) is 0 Å². The Kier molecular flexibility index (Phi) is 5.25. The van der Waals surface area contributed by atoms with E-state index in [-0.39, 0.29) is 31.2 Å². The number of hydrogen-bond donors (Lipinski definition) is 2. The van der Waals surface area contributed by atoms with Crippen LogP contribution in [0.25, 0.3) is 0 Å². The Morgan fingerprint density at radius 1 is 1.00 bits per heavy atom. The Morgan fingerprint density at radius 2 is 1.75 bits per heavy atom. The van der Waals surface area contributed by atoms with Crippen molar-refractivity contribution in [3.8, 4) is 0 Å². The van der Waals surface area contributed by atoms with Crippen LogP contribution in [0.1, 0.15) is 44.9 Å². The molecule has 28 heavy (non-hydrogen) atoms. The number of hydrogen-bond acceptors (Lipinski definition) is 7. The first-order valence-electron chi connectivity index (χ1n) is 9.61. The molecular weight excluding hydrogens is 406 g/mol. The highest BCUT2D eigenvalue weighted by atomic mass is 32.3. The molecule has 0 bridgehead atoms. The molecule has 4 fully saturated rings. The van der Waals surface area contributed by atoms with Gasteiger partial charge in [0.1, 0.15) is 10.6 Å². The molecule has 4 amide bonds. The summed E-state index contributed by atoms with van der Waals surface area (Å²) < 4.78 is 27.4. The second-order valence-corrected chi connectivity index (χ2v) is 11.3. The van der Waals surface area contributed by atoms with Gasteiger partial charge in [0.2, 0.25) is 33.7 Å². The molecule has 0 aromatic carbocycles. The number of piperidine rings is 1. The number of rotatable bonds is 4. The van der Waals surface area contributed by atoms with Gasteiger partial charge in [-0.15, -0.1) is 11.8 Å². The minimum Gasteiger partial charge on any atom is -0.295 e. The third-order valence-electron chi connectivity index (χ3n) is 6.05. The van der Waals surface area contributed by atoms with Crippen LogP contribution in [0.4, 0.5) is 0 Å². The van der Waals surface area contributed by atoms with Crippen molar-refractivity contribution in [3.63, 3.8) is 0 Å². The summed E-state index contributed by atoms with van der Waals surface area (Å²) >= 11 is 1.43. The van der Waals surface area contributed by atoms with E-state index in [2.05, 4.69) is 10.0 Å². The first kappa shape index (κ1) is 19.8. The maximum absolute atomic E-state index is 12.9. The quantitative estimate of drug-likeness (QED) is 0.588. The second-order valence-electron chi connectivity index (χ2n) is 7.84. The van der Waals surface area contributed by atoms with Gasteiger partial charge in [-0.25, -0.2) is 13.1 Å². The smallest absolute Gasteiger partial charge is 0.249 e. The van der Waals surface area contributed by atoms with E-state index in [1.54, 1.807) is 0 Å². The van der Waals surface area contributed by atoms with Crippen molar-refractivity contribution in [1.82, 2.24) is 14.9 Å². The summed E-state index contributed by atoms with van der Waals surface area (Å²) in [5.41, 5.74) is 0. The number of nitrogens with zero attached hydrogens (tertiary/aromatic N) is 1. The van der Waals surface area contributed by atoms with Crippen molar-refractivity contribution in [3.05, 3.63) is 0 Å². The van der Waals surface area contributed by atoms with E-state index in [4.69, 9.17) is 0 Å². The van der Waals surface area contributed by atoms with Crippen molar-refractivity contribution in [2.24, 2.45) is 11.8 Å². The monoisotopic (exact) mass is 429 g/mol. The summed E-state index contributed by atoms with van der Waals surface area (Å²) in [5.74, 6) is -2.13. The van der Waals surface area contributed by atoms with Gasteiger partial charge in [0.05, 0.1) is 11.8 Å². The zero-order valence-electron chi connectivity index (χ0n) is 15.3. The van der Waals surface area contributed by atoms with E-state index in [0.29, 0.717) is 19.3 Å². The van der Waals surface area contributed by atoms with Crippen molar-refractivity contribution in [1.29, 1.82) is 0 Å². The van der Waals surface area contributed by atoms with Crippen LogP contribution in [0.15, 0.2) is 0 Å². The predicted molar refractivity (Wildman–Crippen MR) is 100 cm³/mol. The zero-order chi connectivity index (χ0) is 20.1. The SMILES string of the molecule is O=C1CCC(N2C(=O)C3CCC(NS(=O)(=O)C4CCCS4)CC3C2=O)C(=O)N1.